The molecule has 0 unspecified atom stereocenters. The lowest BCUT2D eigenvalue weighted by Crippen LogP contribution is -2.36. The number of hydrogen-bond acceptors (Lipinski definition) is 6. The molecule has 138 valence electrons. The Morgan fingerprint density at radius 2 is 1.96 bits per heavy atom. The van der Waals surface area contributed by atoms with Gasteiger partial charge in [-0.25, -0.2) is 4.79 Å². The first-order valence-electron chi connectivity index (χ1n) is 8.71. The van der Waals surface area contributed by atoms with Crippen molar-refractivity contribution >= 4 is 23.2 Å². The fraction of sp³-hybridized carbons (Fsp3) is 0.389. The lowest BCUT2D eigenvalue weighted by Gasteiger charge is -2.28. The van der Waals surface area contributed by atoms with Gasteiger partial charge in [-0.15, -0.1) is 5.10 Å². The van der Waals surface area contributed by atoms with Crippen LogP contribution in [0.4, 0.5) is 22.0 Å². The van der Waals surface area contributed by atoms with Crippen molar-refractivity contribution in [2.75, 3.05) is 54.9 Å². The Morgan fingerprint density at radius 1 is 1.19 bits per heavy atom. The molecule has 1 aliphatic rings. The van der Waals surface area contributed by atoms with Crippen molar-refractivity contribution in [3.63, 3.8) is 0 Å². The number of nitrogens with one attached hydrogen (secondary N) is 3. The van der Waals surface area contributed by atoms with Gasteiger partial charge in [-0.3, -0.25) is 0 Å². The van der Waals surface area contributed by atoms with Crippen LogP contribution in [-0.4, -0.2) is 55.6 Å². The summed E-state index contributed by atoms with van der Waals surface area (Å²) in [5, 5.41) is 16.9. The first-order valence-corrected chi connectivity index (χ1v) is 8.71. The molecular formula is C18H24N6O2. The molecule has 0 radical (unpaired) electrons. The van der Waals surface area contributed by atoms with Crippen molar-refractivity contribution in [2.45, 2.75) is 6.92 Å². The molecule has 26 heavy (non-hydrogen) atoms. The van der Waals surface area contributed by atoms with Crippen molar-refractivity contribution < 1.29 is 9.53 Å². The number of morpholine rings is 1. The summed E-state index contributed by atoms with van der Waals surface area (Å²) in [6, 6.07) is 9.39. The minimum atomic E-state index is -0.233. The Labute approximate surface area is 152 Å². The van der Waals surface area contributed by atoms with Gasteiger partial charge in [0.1, 0.15) is 0 Å². The van der Waals surface area contributed by atoms with Crippen LogP contribution in [-0.2, 0) is 4.74 Å². The van der Waals surface area contributed by atoms with E-state index in [1.807, 2.05) is 37.3 Å². The molecule has 2 amide bonds. The summed E-state index contributed by atoms with van der Waals surface area (Å²) in [5.41, 5.74) is 2.95. The molecule has 3 rings (SSSR count). The van der Waals surface area contributed by atoms with Crippen LogP contribution in [0.3, 0.4) is 0 Å². The molecule has 2 aromatic rings. The number of aromatic nitrogens is 2. The third-order valence-corrected chi connectivity index (χ3v) is 4.04. The number of carbonyl (C=O) groups is 1. The Bertz CT molecular complexity index is 716. The summed E-state index contributed by atoms with van der Waals surface area (Å²) in [6.45, 7) is 6.20. The first kappa shape index (κ1) is 17.9. The fourth-order valence-corrected chi connectivity index (χ4v) is 2.62. The number of urea groups is 1. The lowest BCUT2D eigenvalue weighted by atomic mass is 10.2. The quantitative estimate of drug-likeness (QED) is 0.685. The number of anilines is 3. The van der Waals surface area contributed by atoms with E-state index in [1.165, 1.54) is 0 Å². The van der Waals surface area contributed by atoms with Crippen LogP contribution in [0.25, 0.3) is 0 Å². The predicted molar refractivity (Wildman–Crippen MR) is 102 cm³/mol. The second kappa shape index (κ2) is 9.00. The molecule has 1 saturated heterocycles. The summed E-state index contributed by atoms with van der Waals surface area (Å²) in [5.74, 6) is 0.690. The van der Waals surface area contributed by atoms with Crippen molar-refractivity contribution in [1.29, 1.82) is 0 Å². The second-order valence-corrected chi connectivity index (χ2v) is 6.07. The van der Waals surface area contributed by atoms with Gasteiger partial charge in [0, 0.05) is 37.9 Å². The minimum absolute atomic E-state index is 0.233. The second-order valence-electron chi connectivity index (χ2n) is 6.07. The van der Waals surface area contributed by atoms with Crippen LogP contribution in [0.1, 0.15) is 5.56 Å². The largest absolute Gasteiger partial charge is 0.378 e. The summed E-state index contributed by atoms with van der Waals surface area (Å²) in [6.07, 6.45) is 1.75. The molecule has 0 aliphatic carbocycles. The van der Waals surface area contributed by atoms with E-state index in [0.29, 0.717) is 18.9 Å². The zero-order chi connectivity index (χ0) is 18.2. The van der Waals surface area contributed by atoms with Gasteiger partial charge in [-0.2, -0.15) is 5.10 Å². The van der Waals surface area contributed by atoms with Gasteiger partial charge in [0.25, 0.3) is 0 Å². The first-order chi connectivity index (χ1) is 12.7. The zero-order valence-electron chi connectivity index (χ0n) is 14.9. The number of benzene rings is 1. The number of carbonyl (C=O) groups excluding carboxylic acids is 1. The smallest absolute Gasteiger partial charge is 0.319 e. The fourth-order valence-electron chi connectivity index (χ4n) is 2.62. The Kier molecular flexibility index (Phi) is 6.21. The van der Waals surface area contributed by atoms with Crippen LogP contribution in [0.15, 0.2) is 36.5 Å². The number of rotatable bonds is 6. The van der Waals surface area contributed by atoms with Gasteiger partial charge in [-0.05, 0) is 19.1 Å². The number of aryl methyl sites for hydroxylation is 1. The Hall–Kier alpha value is -2.87. The number of ether oxygens (including phenoxy) is 1. The highest BCUT2D eigenvalue weighted by Gasteiger charge is 2.12. The molecule has 8 heteroatoms. The number of amides is 2. The van der Waals surface area contributed by atoms with Gasteiger partial charge in [0.15, 0.2) is 5.82 Å². The van der Waals surface area contributed by atoms with Crippen molar-refractivity contribution in [1.82, 2.24) is 15.5 Å². The van der Waals surface area contributed by atoms with Crippen molar-refractivity contribution in [3.05, 3.63) is 42.1 Å². The maximum atomic E-state index is 11.9. The van der Waals surface area contributed by atoms with E-state index in [2.05, 4.69) is 31.0 Å². The van der Waals surface area contributed by atoms with E-state index < -0.39 is 0 Å². The van der Waals surface area contributed by atoms with Gasteiger partial charge in [-0.1, -0.05) is 17.7 Å². The molecule has 1 aromatic carbocycles. The third kappa shape index (κ3) is 5.32. The molecule has 8 nitrogen and oxygen atoms in total. The highest BCUT2D eigenvalue weighted by molar-refractivity contribution is 5.89. The molecule has 0 bridgehead atoms. The third-order valence-electron chi connectivity index (χ3n) is 4.04. The average Bonchev–Trinajstić information content (AvgIpc) is 2.68. The molecule has 1 aliphatic heterocycles. The molecule has 0 spiro atoms. The van der Waals surface area contributed by atoms with Gasteiger partial charge < -0.3 is 25.6 Å². The topological polar surface area (TPSA) is 91.4 Å². The SMILES string of the molecule is Cc1ccc(NC(=O)NCCNc2cc(N3CCOCC3)cnn2)cc1. The van der Waals surface area contributed by atoms with Crippen molar-refractivity contribution in [2.24, 2.45) is 0 Å². The van der Waals surface area contributed by atoms with Gasteiger partial charge in [0.05, 0.1) is 25.1 Å². The molecule has 2 heterocycles. The van der Waals surface area contributed by atoms with E-state index in [4.69, 9.17) is 4.74 Å². The highest BCUT2D eigenvalue weighted by Crippen LogP contribution is 2.16. The summed E-state index contributed by atoms with van der Waals surface area (Å²) < 4.78 is 5.36. The molecular weight excluding hydrogens is 332 g/mol. The van der Waals surface area contributed by atoms with E-state index >= 15 is 0 Å². The molecule has 1 fully saturated rings. The van der Waals surface area contributed by atoms with Crippen LogP contribution in [0, 0.1) is 6.92 Å². The standard InChI is InChI=1S/C18H24N6O2/c1-14-2-4-15(5-3-14)22-18(25)20-7-6-19-17-12-16(13-21-23-17)24-8-10-26-11-9-24/h2-5,12-13H,6-11H2,1H3,(H,19,23)(H2,20,22,25). The maximum Gasteiger partial charge on any atom is 0.319 e. The Morgan fingerprint density at radius 3 is 2.73 bits per heavy atom. The summed E-state index contributed by atoms with van der Waals surface area (Å²) >= 11 is 0. The summed E-state index contributed by atoms with van der Waals surface area (Å²) in [7, 11) is 0. The van der Waals surface area contributed by atoms with E-state index in [-0.39, 0.29) is 6.03 Å². The van der Waals surface area contributed by atoms with Crippen LogP contribution in [0.2, 0.25) is 0 Å². The van der Waals surface area contributed by atoms with Crippen LogP contribution >= 0.6 is 0 Å². The molecule has 0 atom stereocenters. The number of nitrogens with zero attached hydrogens (tertiary/aromatic N) is 3. The van der Waals surface area contributed by atoms with Crippen molar-refractivity contribution in [3.8, 4) is 0 Å². The highest BCUT2D eigenvalue weighted by atomic mass is 16.5. The molecule has 3 N–H and O–H groups in total. The van der Waals surface area contributed by atoms with E-state index in [1.54, 1.807) is 6.20 Å². The van der Waals surface area contributed by atoms with Crippen LogP contribution in [0.5, 0.6) is 0 Å². The van der Waals surface area contributed by atoms with E-state index in [9.17, 15) is 4.79 Å². The zero-order valence-corrected chi connectivity index (χ0v) is 14.9. The van der Waals surface area contributed by atoms with E-state index in [0.717, 1.165) is 43.2 Å². The average molecular weight is 356 g/mol. The maximum absolute atomic E-state index is 11.9. The molecule has 0 saturated carbocycles. The monoisotopic (exact) mass is 356 g/mol. The van der Waals surface area contributed by atoms with Gasteiger partial charge >= 0.3 is 6.03 Å². The minimum Gasteiger partial charge on any atom is -0.378 e. The number of hydrogen-bond donors (Lipinski definition) is 3. The van der Waals surface area contributed by atoms with Crippen LogP contribution < -0.4 is 20.9 Å². The normalized spacial score (nSPS) is 14.0. The lowest BCUT2D eigenvalue weighted by molar-refractivity contribution is 0.122. The van der Waals surface area contributed by atoms with Gasteiger partial charge in [0.2, 0.25) is 0 Å². The molecule has 1 aromatic heterocycles. The summed E-state index contributed by atoms with van der Waals surface area (Å²) in [4.78, 5) is 14.1. The Balaban J connectivity index is 1.40. The predicted octanol–water partition coefficient (Wildman–Crippen LogP) is 1.86.